The highest BCUT2D eigenvalue weighted by Crippen LogP contribution is 2.45. The third-order valence-corrected chi connectivity index (χ3v) is 7.19. The first-order valence-electron chi connectivity index (χ1n) is 13.4. The molecule has 1 atom stereocenters. The smallest absolute Gasteiger partial charge is 0.300 e. The van der Waals surface area contributed by atoms with Crippen LogP contribution in [0.5, 0.6) is 17.2 Å². The topological polar surface area (TPSA) is 85.3 Å². The molecule has 40 heavy (non-hydrogen) atoms. The van der Waals surface area contributed by atoms with Gasteiger partial charge in [-0.15, -0.1) is 0 Å². The number of carbonyl (C=O) groups excluding carboxylic acids is 2. The molecular weight excluding hydrogens is 506 g/mol. The molecule has 0 bridgehead atoms. The van der Waals surface area contributed by atoms with Crippen LogP contribution in [-0.4, -0.2) is 37.6 Å². The van der Waals surface area contributed by atoms with Crippen LogP contribution in [-0.2, 0) is 9.59 Å². The Morgan fingerprint density at radius 3 is 2.12 bits per heavy atom. The summed E-state index contributed by atoms with van der Waals surface area (Å²) in [6.07, 6.45) is 0. The number of nitrogens with zero attached hydrogens (tertiary/aromatic N) is 1. The Balaban J connectivity index is 2.03. The first-order valence-corrected chi connectivity index (χ1v) is 13.4. The van der Waals surface area contributed by atoms with E-state index in [1.54, 1.807) is 32.4 Å². The molecule has 1 amide bonds. The second kappa shape index (κ2) is 11.5. The van der Waals surface area contributed by atoms with Gasteiger partial charge in [0.05, 0.1) is 32.4 Å². The summed E-state index contributed by atoms with van der Waals surface area (Å²) in [6.45, 7) is 12.1. The van der Waals surface area contributed by atoms with Gasteiger partial charge in [0.15, 0.2) is 11.5 Å². The van der Waals surface area contributed by atoms with Crippen molar-refractivity contribution >= 4 is 23.1 Å². The zero-order chi connectivity index (χ0) is 29.3. The van der Waals surface area contributed by atoms with Gasteiger partial charge < -0.3 is 19.3 Å². The third-order valence-electron chi connectivity index (χ3n) is 7.19. The highest BCUT2D eigenvalue weighted by Gasteiger charge is 2.47. The van der Waals surface area contributed by atoms with E-state index >= 15 is 0 Å². The summed E-state index contributed by atoms with van der Waals surface area (Å²) >= 11 is 0. The van der Waals surface area contributed by atoms with Crippen LogP contribution >= 0.6 is 0 Å². The summed E-state index contributed by atoms with van der Waals surface area (Å²) in [5.74, 6) is 0.125. The lowest BCUT2D eigenvalue weighted by atomic mass is 9.90. The van der Waals surface area contributed by atoms with Crippen LogP contribution in [0.4, 0.5) is 5.69 Å². The number of methoxy groups -OCH3 is 2. The fourth-order valence-corrected chi connectivity index (χ4v) is 5.36. The minimum atomic E-state index is -0.893. The molecule has 3 aromatic carbocycles. The van der Waals surface area contributed by atoms with Gasteiger partial charge in [0.2, 0.25) is 0 Å². The molecule has 0 saturated carbocycles. The Hall–Kier alpha value is -4.26. The molecule has 0 aromatic heterocycles. The van der Waals surface area contributed by atoms with Crippen molar-refractivity contribution in [3.63, 3.8) is 0 Å². The standard InChI is InChI=1S/C33H37NO6/c1-9-40-28-16-22(10-11-26(28)38-7)30-29(31(35)25-17-24(18(2)3)27(39-8)15-21(25)6)32(36)33(37)34(30)23-13-19(4)12-20(5)14-23/h10-18,30,35H,9H2,1-8H3/b31-29+. The number of aryl methyl sites for hydroxylation is 3. The first kappa shape index (κ1) is 28.7. The normalized spacial score (nSPS) is 16.5. The minimum absolute atomic E-state index is 0.0137. The Labute approximate surface area is 236 Å². The molecular formula is C33H37NO6. The molecule has 0 aliphatic carbocycles. The summed E-state index contributed by atoms with van der Waals surface area (Å²) < 4.78 is 16.9. The zero-order valence-corrected chi connectivity index (χ0v) is 24.4. The van der Waals surface area contributed by atoms with E-state index in [-0.39, 0.29) is 17.3 Å². The van der Waals surface area contributed by atoms with Gasteiger partial charge >= 0.3 is 0 Å². The molecule has 0 radical (unpaired) electrons. The molecule has 7 nitrogen and oxygen atoms in total. The van der Waals surface area contributed by atoms with E-state index in [4.69, 9.17) is 14.2 Å². The van der Waals surface area contributed by atoms with Gasteiger partial charge in [-0.3, -0.25) is 14.5 Å². The number of ether oxygens (including phenoxy) is 3. The maximum Gasteiger partial charge on any atom is 0.300 e. The van der Waals surface area contributed by atoms with E-state index in [1.807, 2.05) is 71.9 Å². The molecule has 3 aromatic rings. The predicted octanol–water partition coefficient (Wildman–Crippen LogP) is 6.78. The van der Waals surface area contributed by atoms with E-state index in [9.17, 15) is 14.7 Å². The van der Waals surface area contributed by atoms with Crippen molar-refractivity contribution < 1.29 is 28.9 Å². The van der Waals surface area contributed by atoms with E-state index < -0.39 is 17.7 Å². The zero-order valence-electron chi connectivity index (χ0n) is 24.4. The summed E-state index contributed by atoms with van der Waals surface area (Å²) in [4.78, 5) is 28.9. The number of hydrogen-bond acceptors (Lipinski definition) is 6. The molecule has 1 aliphatic heterocycles. The maximum absolute atomic E-state index is 13.8. The first-order chi connectivity index (χ1) is 19.0. The second-order valence-electron chi connectivity index (χ2n) is 10.4. The number of anilines is 1. The highest BCUT2D eigenvalue weighted by molar-refractivity contribution is 6.51. The number of hydrogen-bond donors (Lipinski definition) is 1. The lowest BCUT2D eigenvalue weighted by molar-refractivity contribution is -0.132. The van der Waals surface area contributed by atoms with Crippen molar-refractivity contribution in [1.29, 1.82) is 0 Å². The number of carbonyl (C=O) groups is 2. The Morgan fingerprint density at radius 1 is 0.900 bits per heavy atom. The average Bonchev–Trinajstić information content (AvgIpc) is 3.17. The van der Waals surface area contributed by atoms with Crippen LogP contribution in [0.3, 0.4) is 0 Å². The average molecular weight is 544 g/mol. The molecule has 210 valence electrons. The van der Waals surface area contributed by atoms with E-state index in [0.717, 1.165) is 22.3 Å². The summed E-state index contributed by atoms with van der Waals surface area (Å²) in [5, 5.41) is 11.8. The van der Waals surface area contributed by atoms with Crippen molar-refractivity contribution in [1.82, 2.24) is 0 Å². The number of aliphatic hydroxyl groups excluding tert-OH is 1. The van der Waals surface area contributed by atoms with Gasteiger partial charge in [-0.1, -0.05) is 26.0 Å². The highest BCUT2D eigenvalue weighted by atomic mass is 16.5. The van der Waals surface area contributed by atoms with Gasteiger partial charge in [0, 0.05) is 11.3 Å². The summed E-state index contributed by atoms with van der Waals surface area (Å²) in [5.41, 5.74) is 5.19. The number of aliphatic hydroxyl groups is 1. The van der Waals surface area contributed by atoms with Gasteiger partial charge in [-0.25, -0.2) is 0 Å². The summed E-state index contributed by atoms with van der Waals surface area (Å²) in [6, 6.07) is 13.8. The van der Waals surface area contributed by atoms with Crippen LogP contribution in [0.25, 0.3) is 5.76 Å². The van der Waals surface area contributed by atoms with Crippen LogP contribution in [0.15, 0.2) is 54.1 Å². The predicted molar refractivity (Wildman–Crippen MR) is 157 cm³/mol. The van der Waals surface area contributed by atoms with Gasteiger partial charge in [-0.2, -0.15) is 0 Å². The number of amides is 1. The summed E-state index contributed by atoms with van der Waals surface area (Å²) in [7, 11) is 3.16. The Kier molecular flexibility index (Phi) is 8.24. The Morgan fingerprint density at radius 2 is 1.55 bits per heavy atom. The van der Waals surface area contributed by atoms with Crippen molar-refractivity contribution in [2.45, 2.75) is 53.5 Å². The van der Waals surface area contributed by atoms with Crippen molar-refractivity contribution in [2.24, 2.45) is 0 Å². The lowest BCUT2D eigenvalue weighted by Crippen LogP contribution is -2.29. The number of benzene rings is 3. The van der Waals surface area contributed by atoms with Gasteiger partial charge in [0.1, 0.15) is 11.5 Å². The quantitative estimate of drug-likeness (QED) is 0.192. The molecule has 1 unspecified atom stereocenters. The monoisotopic (exact) mass is 543 g/mol. The van der Waals surface area contributed by atoms with Crippen LogP contribution in [0.2, 0.25) is 0 Å². The number of ketones is 1. The van der Waals surface area contributed by atoms with E-state index in [2.05, 4.69) is 0 Å². The molecule has 0 spiro atoms. The molecule has 1 N–H and O–H groups in total. The number of Topliss-reactive ketones (excluding diaryl/α,β-unsaturated/α-hetero) is 1. The van der Waals surface area contributed by atoms with E-state index in [1.165, 1.54) is 4.90 Å². The Bertz CT molecular complexity index is 1480. The van der Waals surface area contributed by atoms with Crippen molar-refractivity contribution in [2.75, 3.05) is 25.7 Å². The SMILES string of the molecule is CCOc1cc(C2/C(=C(\O)c3cc(C(C)C)c(OC)cc3C)C(=O)C(=O)N2c2cc(C)cc(C)c2)ccc1OC. The van der Waals surface area contributed by atoms with Crippen LogP contribution < -0.4 is 19.1 Å². The van der Waals surface area contributed by atoms with Gasteiger partial charge in [0.25, 0.3) is 11.7 Å². The second-order valence-corrected chi connectivity index (χ2v) is 10.4. The van der Waals surface area contributed by atoms with E-state index in [0.29, 0.717) is 40.7 Å². The fraction of sp³-hybridized carbons (Fsp3) is 0.333. The molecule has 1 fully saturated rings. The van der Waals surface area contributed by atoms with Crippen LogP contribution in [0.1, 0.15) is 66.1 Å². The molecule has 1 saturated heterocycles. The van der Waals surface area contributed by atoms with Crippen LogP contribution in [0, 0.1) is 20.8 Å². The molecule has 7 heteroatoms. The molecule has 4 rings (SSSR count). The van der Waals surface area contributed by atoms with Crippen molar-refractivity contribution in [3.8, 4) is 17.2 Å². The number of rotatable bonds is 8. The van der Waals surface area contributed by atoms with Crippen molar-refractivity contribution in [3.05, 3.63) is 87.5 Å². The third kappa shape index (κ3) is 5.16. The largest absolute Gasteiger partial charge is 0.507 e. The lowest BCUT2D eigenvalue weighted by Gasteiger charge is -2.27. The fourth-order valence-electron chi connectivity index (χ4n) is 5.36. The maximum atomic E-state index is 13.8. The minimum Gasteiger partial charge on any atom is -0.507 e. The van der Waals surface area contributed by atoms with Gasteiger partial charge in [-0.05, 0) is 97.8 Å². The molecule has 1 heterocycles. The molecule has 1 aliphatic rings.